The molecule has 134 valence electrons. The van der Waals surface area contributed by atoms with Gasteiger partial charge in [-0.15, -0.1) is 0 Å². The second kappa shape index (κ2) is 7.28. The van der Waals surface area contributed by atoms with Gasteiger partial charge in [-0.1, -0.05) is 25.0 Å². The van der Waals surface area contributed by atoms with Crippen LogP contribution in [-0.2, 0) is 9.59 Å². The molecular formula is C20H32N2O2. The number of likely N-dealkylation sites (N-methyl/N-ethyl adjacent to an activating group) is 1. The van der Waals surface area contributed by atoms with Crippen molar-refractivity contribution in [3.05, 3.63) is 12.2 Å². The Kier molecular flexibility index (Phi) is 5.31. The van der Waals surface area contributed by atoms with E-state index in [2.05, 4.69) is 17.5 Å². The molecule has 0 bridgehead atoms. The van der Waals surface area contributed by atoms with Gasteiger partial charge in [0.1, 0.15) is 0 Å². The number of hydrogen-bond donors (Lipinski definition) is 1. The van der Waals surface area contributed by atoms with E-state index in [1.54, 1.807) is 4.90 Å². The van der Waals surface area contributed by atoms with E-state index in [4.69, 9.17) is 0 Å². The van der Waals surface area contributed by atoms with Gasteiger partial charge in [0.2, 0.25) is 11.8 Å². The molecular weight excluding hydrogens is 300 g/mol. The van der Waals surface area contributed by atoms with Gasteiger partial charge >= 0.3 is 0 Å². The highest BCUT2D eigenvalue weighted by Gasteiger charge is 2.58. The van der Waals surface area contributed by atoms with Crippen molar-refractivity contribution in [3.8, 4) is 0 Å². The largest absolute Gasteiger partial charge is 0.352 e. The summed E-state index contributed by atoms with van der Waals surface area (Å²) < 4.78 is 0. The van der Waals surface area contributed by atoms with Crippen LogP contribution in [0.4, 0.5) is 0 Å². The summed E-state index contributed by atoms with van der Waals surface area (Å²) in [5, 5.41) is 3.14. The molecule has 4 heteroatoms. The number of carbonyl (C=O) groups excluding carboxylic acids is 2. The minimum Gasteiger partial charge on any atom is -0.352 e. The second-order valence-corrected chi connectivity index (χ2v) is 8.36. The Hall–Kier alpha value is -1.32. The molecule has 3 rings (SSSR count). The van der Waals surface area contributed by atoms with E-state index in [0.29, 0.717) is 24.3 Å². The van der Waals surface area contributed by atoms with E-state index in [1.165, 1.54) is 25.7 Å². The fourth-order valence-corrected chi connectivity index (χ4v) is 4.70. The Labute approximate surface area is 146 Å². The minimum absolute atomic E-state index is 0.0248. The molecule has 3 aliphatic rings. The number of nitrogens with zero attached hydrogens (tertiary/aromatic N) is 1. The molecule has 3 aliphatic carbocycles. The Morgan fingerprint density at radius 1 is 1.29 bits per heavy atom. The molecule has 4 nitrogen and oxygen atoms in total. The smallest absolute Gasteiger partial charge is 0.223 e. The Balaban J connectivity index is 1.39. The molecule has 0 heterocycles. The molecule has 0 aliphatic heterocycles. The van der Waals surface area contributed by atoms with E-state index in [9.17, 15) is 9.59 Å². The third-order valence-corrected chi connectivity index (χ3v) is 6.31. The summed E-state index contributed by atoms with van der Waals surface area (Å²) in [5.74, 6) is 1.14. The van der Waals surface area contributed by atoms with Crippen LogP contribution in [0.15, 0.2) is 12.2 Å². The first-order valence-corrected chi connectivity index (χ1v) is 9.69. The van der Waals surface area contributed by atoms with Crippen molar-refractivity contribution in [2.45, 2.75) is 70.8 Å². The van der Waals surface area contributed by atoms with E-state index in [-0.39, 0.29) is 23.8 Å². The number of carbonyl (C=O) groups is 2. The lowest BCUT2D eigenvalue weighted by Gasteiger charge is -2.25. The predicted molar refractivity (Wildman–Crippen MR) is 95.3 cm³/mol. The zero-order valence-electron chi connectivity index (χ0n) is 15.2. The lowest BCUT2D eigenvalue weighted by Crippen LogP contribution is -2.44. The molecule has 3 unspecified atom stereocenters. The Morgan fingerprint density at radius 3 is 2.71 bits per heavy atom. The van der Waals surface area contributed by atoms with Crippen molar-refractivity contribution in [1.82, 2.24) is 10.2 Å². The van der Waals surface area contributed by atoms with Gasteiger partial charge in [0.05, 0.1) is 0 Å². The number of amides is 2. The third kappa shape index (κ3) is 4.01. The van der Waals surface area contributed by atoms with Gasteiger partial charge in [0.25, 0.3) is 0 Å². The summed E-state index contributed by atoms with van der Waals surface area (Å²) in [7, 11) is 1.86. The summed E-state index contributed by atoms with van der Waals surface area (Å²) in [6.45, 7) is 2.61. The topological polar surface area (TPSA) is 49.4 Å². The molecule has 2 amide bonds. The normalized spacial score (nSPS) is 28.6. The summed E-state index contributed by atoms with van der Waals surface area (Å²) in [5.41, 5.74) is 0.347. The Morgan fingerprint density at radius 2 is 2.04 bits per heavy atom. The summed E-state index contributed by atoms with van der Waals surface area (Å²) in [6, 6.07) is 0.0248. The van der Waals surface area contributed by atoms with E-state index >= 15 is 0 Å². The maximum atomic E-state index is 12.4. The first-order chi connectivity index (χ1) is 11.5. The molecule has 2 fully saturated rings. The van der Waals surface area contributed by atoms with Crippen LogP contribution in [0.1, 0.15) is 64.7 Å². The van der Waals surface area contributed by atoms with Crippen molar-refractivity contribution in [2.24, 2.45) is 17.3 Å². The van der Waals surface area contributed by atoms with Crippen molar-refractivity contribution in [3.63, 3.8) is 0 Å². The highest BCUT2D eigenvalue weighted by molar-refractivity contribution is 5.83. The second-order valence-electron chi connectivity index (χ2n) is 8.36. The average Bonchev–Trinajstić information content (AvgIpc) is 3.05. The van der Waals surface area contributed by atoms with Gasteiger partial charge in [-0.25, -0.2) is 0 Å². The molecule has 24 heavy (non-hydrogen) atoms. The van der Waals surface area contributed by atoms with Crippen LogP contribution in [0.3, 0.4) is 0 Å². The predicted octanol–water partition coefficient (Wildman–Crippen LogP) is 3.28. The highest BCUT2D eigenvalue weighted by Crippen LogP contribution is 2.62. The third-order valence-electron chi connectivity index (χ3n) is 6.31. The molecule has 0 aromatic heterocycles. The quantitative estimate of drug-likeness (QED) is 0.759. The van der Waals surface area contributed by atoms with Crippen LogP contribution in [0, 0.1) is 17.3 Å². The van der Waals surface area contributed by atoms with E-state index < -0.39 is 0 Å². The van der Waals surface area contributed by atoms with Crippen LogP contribution in [0.5, 0.6) is 0 Å². The van der Waals surface area contributed by atoms with Crippen LogP contribution in [-0.4, -0.2) is 36.3 Å². The molecule has 3 atom stereocenters. The van der Waals surface area contributed by atoms with Gasteiger partial charge < -0.3 is 10.2 Å². The Bertz CT molecular complexity index is 508. The molecule has 0 aromatic carbocycles. The average molecular weight is 332 g/mol. The number of rotatable bonds is 6. The summed E-state index contributed by atoms with van der Waals surface area (Å²) >= 11 is 0. The first-order valence-electron chi connectivity index (χ1n) is 9.69. The molecule has 1 spiro atoms. The fraction of sp³-hybridized carbons (Fsp3) is 0.800. The van der Waals surface area contributed by atoms with Crippen LogP contribution in [0.2, 0.25) is 0 Å². The number of nitrogens with one attached hydrogen (secondary N) is 1. The van der Waals surface area contributed by atoms with Crippen molar-refractivity contribution in [1.29, 1.82) is 0 Å². The molecule has 2 saturated carbocycles. The molecule has 0 saturated heterocycles. The number of allylic oxidation sites excluding steroid dienone is 2. The molecule has 0 aromatic rings. The summed E-state index contributed by atoms with van der Waals surface area (Å²) in [6.07, 6.45) is 14.4. The van der Waals surface area contributed by atoms with Gasteiger partial charge in [-0.2, -0.15) is 0 Å². The van der Waals surface area contributed by atoms with E-state index in [1.807, 2.05) is 14.0 Å². The van der Waals surface area contributed by atoms with Gasteiger partial charge in [-0.05, 0) is 56.8 Å². The van der Waals surface area contributed by atoms with Gasteiger partial charge in [-0.3, -0.25) is 9.59 Å². The SMILES string of the molecule is CC(CN(C)C(=O)CC1CC=CCC1)NC(=O)C1CC12CCCC2. The van der Waals surface area contributed by atoms with Gasteiger partial charge in [0.15, 0.2) is 0 Å². The highest BCUT2D eigenvalue weighted by atomic mass is 16.2. The molecule has 1 N–H and O–H groups in total. The first kappa shape index (κ1) is 17.5. The number of hydrogen-bond acceptors (Lipinski definition) is 2. The lowest BCUT2D eigenvalue weighted by atomic mass is 9.91. The van der Waals surface area contributed by atoms with Crippen LogP contribution < -0.4 is 5.32 Å². The fourth-order valence-electron chi connectivity index (χ4n) is 4.70. The van der Waals surface area contributed by atoms with Crippen molar-refractivity contribution < 1.29 is 9.59 Å². The maximum absolute atomic E-state index is 12.4. The zero-order valence-corrected chi connectivity index (χ0v) is 15.2. The van der Waals surface area contributed by atoms with Crippen LogP contribution in [0.25, 0.3) is 0 Å². The van der Waals surface area contributed by atoms with Crippen molar-refractivity contribution >= 4 is 11.8 Å². The maximum Gasteiger partial charge on any atom is 0.223 e. The zero-order chi connectivity index (χ0) is 17.2. The minimum atomic E-state index is 0.0248. The molecule has 0 radical (unpaired) electrons. The van der Waals surface area contributed by atoms with Gasteiger partial charge in [0, 0.05) is 32.0 Å². The van der Waals surface area contributed by atoms with E-state index in [0.717, 1.165) is 25.7 Å². The monoisotopic (exact) mass is 332 g/mol. The lowest BCUT2D eigenvalue weighted by molar-refractivity contribution is -0.132. The standard InChI is InChI=1S/C20H32N2O2/c1-15(21-19(24)17-13-20(17)10-6-7-11-20)14-22(2)18(23)12-16-8-4-3-5-9-16/h3-4,15-17H,5-14H2,1-2H3,(H,21,24). The van der Waals surface area contributed by atoms with Crippen molar-refractivity contribution in [2.75, 3.05) is 13.6 Å². The van der Waals surface area contributed by atoms with Crippen LogP contribution >= 0.6 is 0 Å². The summed E-state index contributed by atoms with van der Waals surface area (Å²) in [4.78, 5) is 26.6.